The largest absolute Gasteiger partial charge is 0.363 e. The third-order valence-corrected chi connectivity index (χ3v) is 15.6. The molecule has 4 saturated heterocycles. The van der Waals surface area contributed by atoms with E-state index in [0.29, 0.717) is 36.1 Å². The quantitative estimate of drug-likeness (QED) is 0.0624. The molecule has 0 saturated carbocycles. The Balaban J connectivity index is 0.000000174. The van der Waals surface area contributed by atoms with Crippen LogP contribution in [0.25, 0.3) is 9.69 Å². The van der Waals surface area contributed by atoms with Gasteiger partial charge in [0.05, 0.1) is 35.1 Å². The van der Waals surface area contributed by atoms with Gasteiger partial charge >= 0.3 is 11.4 Å². The van der Waals surface area contributed by atoms with Gasteiger partial charge in [-0.05, 0) is 86.4 Å². The summed E-state index contributed by atoms with van der Waals surface area (Å²) in [5.41, 5.74) is 5.24. The van der Waals surface area contributed by atoms with Gasteiger partial charge in [-0.3, -0.25) is 49.6 Å². The average molecular weight is 1340 g/mol. The molecular weight excluding hydrogens is 1260 g/mol. The van der Waals surface area contributed by atoms with Crippen molar-refractivity contribution in [2.24, 2.45) is 0 Å². The molecule has 0 bridgehead atoms. The maximum atomic E-state index is 11.2. The Kier molecular flexibility index (Phi) is 31.4. The number of piperazine rings is 4. The summed E-state index contributed by atoms with van der Waals surface area (Å²) in [4.78, 5) is 79.0. The van der Waals surface area contributed by atoms with Crippen molar-refractivity contribution in [3.05, 3.63) is 260 Å². The van der Waals surface area contributed by atoms with Gasteiger partial charge in [-0.2, -0.15) is 0 Å². The summed E-state index contributed by atoms with van der Waals surface area (Å²) >= 11 is 0. The molecule has 2 N–H and O–H groups in total. The van der Waals surface area contributed by atoms with Crippen LogP contribution in [0.3, 0.4) is 0 Å². The highest BCUT2D eigenvalue weighted by atomic mass is 16.6. The minimum atomic E-state index is -0.385. The molecule has 4 aliphatic rings. The smallest absolute Gasteiger partial charge is 0.311 e. The molecule has 8 heterocycles. The van der Waals surface area contributed by atoms with Gasteiger partial charge in [0.2, 0.25) is 34.6 Å². The van der Waals surface area contributed by atoms with Gasteiger partial charge in [-0.25, -0.2) is 19.7 Å². The van der Waals surface area contributed by atoms with E-state index in [1.165, 1.54) is 26.0 Å². The normalized spacial score (nSPS) is 14.3. The summed E-state index contributed by atoms with van der Waals surface area (Å²) < 4.78 is 0. The van der Waals surface area contributed by atoms with Crippen molar-refractivity contribution in [3.63, 3.8) is 0 Å². The van der Waals surface area contributed by atoms with Crippen molar-refractivity contribution in [3.8, 4) is 47.4 Å². The predicted molar refractivity (Wildman–Crippen MR) is 394 cm³/mol. The molecule has 0 aliphatic carbocycles. The molecule has 4 aromatic heterocycles. The highest BCUT2D eigenvalue weighted by Crippen LogP contribution is 2.29. The number of pyridine rings is 4. The number of benzene rings is 4. The van der Waals surface area contributed by atoms with Crippen molar-refractivity contribution in [1.29, 1.82) is 0 Å². The van der Waals surface area contributed by atoms with Gasteiger partial charge < -0.3 is 30.2 Å². The third-order valence-electron chi connectivity index (χ3n) is 15.6. The van der Waals surface area contributed by atoms with E-state index in [0.717, 1.165) is 126 Å². The Morgan fingerprint density at radius 2 is 0.690 bits per heavy atom. The topological polar surface area (TPSA) is 224 Å². The number of carbonyl (C=O) groups is 2. The number of carbonyl (C=O) groups excluding carboxylic acids is 2. The fourth-order valence-corrected chi connectivity index (χ4v) is 10.3. The Labute approximate surface area is 586 Å². The fraction of sp³-hybridized carbons (Fsp3) is 0.282. The van der Waals surface area contributed by atoms with Gasteiger partial charge in [0, 0.05) is 178 Å². The number of anilines is 4. The summed E-state index contributed by atoms with van der Waals surface area (Å²) in [7, 11) is 0. The number of nitrogens with one attached hydrogen (secondary N) is 2. The van der Waals surface area contributed by atoms with Crippen LogP contribution < -0.4 is 30.2 Å². The lowest BCUT2D eigenvalue weighted by molar-refractivity contribution is -0.384. The summed E-state index contributed by atoms with van der Waals surface area (Å²) in [6, 6.07) is 52.7. The molecule has 12 rings (SSSR count). The number of aromatic nitrogens is 4. The van der Waals surface area contributed by atoms with Gasteiger partial charge in [0.1, 0.15) is 11.6 Å². The van der Waals surface area contributed by atoms with Crippen LogP contribution in [0.1, 0.15) is 49.9 Å². The summed E-state index contributed by atoms with van der Waals surface area (Å²) in [6.07, 6.45) is 6.68. The number of hydrogen-bond acceptors (Lipinski definition) is 18. The molecule has 22 nitrogen and oxygen atoms in total. The Morgan fingerprint density at radius 1 is 0.410 bits per heavy atom. The molecule has 100 heavy (non-hydrogen) atoms. The maximum absolute atomic E-state index is 11.2. The van der Waals surface area contributed by atoms with E-state index in [4.69, 9.17) is 13.1 Å². The molecule has 4 fully saturated rings. The lowest BCUT2D eigenvalue weighted by Crippen LogP contribution is -2.49. The van der Waals surface area contributed by atoms with Crippen molar-refractivity contribution < 1.29 is 19.4 Å². The minimum absolute atomic E-state index is 0.0628. The van der Waals surface area contributed by atoms with Crippen molar-refractivity contribution >= 4 is 57.6 Å². The van der Waals surface area contributed by atoms with Gasteiger partial charge in [-0.1, -0.05) is 133 Å². The average Bonchev–Trinajstić information content (AvgIpc) is 0.856. The molecule has 8 aromatic rings. The van der Waals surface area contributed by atoms with E-state index in [-0.39, 0.29) is 44.9 Å². The van der Waals surface area contributed by atoms with E-state index >= 15 is 0 Å². The summed E-state index contributed by atoms with van der Waals surface area (Å²) in [5, 5.41) is 28.4. The molecule has 2 atom stereocenters. The van der Waals surface area contributed by atoms with Crippen LogP contribution in [0.2, 0.25) is 0 Å². The van der Waals surface area contributed by atoms with Gasteiger partial charge in [-0.15, -0.1) is 0 Å². The van der Waals surface area contributed by atoms with Crippen LogP contribution >= 0.6 is 0 Å². The third kappa shape index (κ3) is 25.5. The number of ketones is 2. The second-order valence-electron chi connectivity index (χ2n) is 22.6. The highest BCUT2D eigenvalue weighted by molar-refractivity contribution is 5.94. The zero-order chi connectivity index (χ0) is 71.1. The summed E-state index contributed by atoms with van der Waals surface area (Å²) in [6.45, 7) is 35.1. The number of nitrogens with zero attached hydrogens (tertiary/aromatic N) is 14. The number of rotatable bonds is 8. The lowest BCUT2D eigenvalue weighted by atomic mass is 10.2. The predicted octanol–water partition coefficient (Wildman–Crippen LogP) is 10.4. The molecule has 22 heteroatoms. The van der Waals surface area contributed by atoms with Crippen LogP contribution in [0.4, 0.5) is 46.0 Å². The zero-order valence-electron chi connectivity index (χ0n) is 56.7. The lowest BCUT2D eigenvalue weighted by Gasteiger charge is -2.37. The SMILES string of the molecule is CC(=O)C#Cc1ccccc1.CC(=O)C#Cc1ccccc1.CC(C#Cc1ccccc1)N1CCN(c2ncccc2[N+](=O)[O-])CC1.O=[N+]([O-])c1cccnc1N1CCNCC1.[C-]#[N+]c1cccnc1N1CCN(C(C)C#Cc2ccccc2)CC1.[C-]#[N+]c1cccnc1N1CCNCC1. The van der Waals surface area contributed by atoms with E-state index in [1.54, 1.807) is 43.0 Å². The molecule has 508 valence electrons. The van der Waals surface area contributed by atoms with E-state index in [2.05, 4.69) is 121 Å². The molecule has 0 radical (unpaired) electrons. The van der Waals surface area contributed by atoms with Crippen molar-refractivity contribution in [2.45, 2.75) is 39.8 Å². The number of Topliss-reactive ketones (excluding diaryl/α,β-unsaturated/α-hetero) is 2. The Morgan fingerprint density at radius 3 is 1.00 bits per heavy atom. The van der Waals surface area contributed by atoms with Crippen molar-refractivity contribution in [2.75, 3.05) is 124 Å². The molecular formula is C78H80N16O6. The molecule has 0 amide bonds. The van der Waals surface area contributed by atoms with E-state index < -0.39 is 0 Å². The van der Waals surface area contributed by atoms with Crippen LogP contribution in [0.5, 0.6) is 0 Å². The summed E-state index contributed by atoms with van der Waals surface area (Å²) in [5.74, 6) is 25.9. The first-order valence-corrected chi connectivity index (χ1v) is 32.7. The molecule has 2 unspecified atom stereocenters. The second kappa shape index (κ2) is 41.8. The van der Waals surface area contributed by atoms with Crippen LogP contribution in [0.15, 0.2) is 195 Å². The van der Waals surface area contributed by atoms with Crippen LogP contribution in [-0.4, -0.2) is 168 Å². The Bertz CT molecular complexity index is 4200. The first kappa shape index (κ1) is 75.3. The standard InChI is InChI=1S/C20H20N4.C19H20N4O2.C10H12N4.2C10H8O.C9H12N4O2/c1-17(10-11-18-7-4-3-5-8-18)23-13-15-24(16-14-23)20-19(21-2)9-6-12-22-20;1-16(9-10-17-6-3-2-4-7-17)21-12-14-22(15-13-21)19-18(23(24)25)8-5-11-20-19;1-11-9-3-2-4-13-10(9)14-7-5-12-6-8-14;2*1-9(11)7-8-10-5-3-2-4-6-10;14-13(15)8-2-1-3-11-9(8)12-6-4-10-5-7-12/h3-9,12,17H,13-16H2,1H3;2-8,11,16H,12-15H2,1H3;2-4,12H,5-8H2;2*2-6H,1H3;1-3,10H,4-7H2. The van der Waals surface area contributed by atoms with Gasteiger partial charge in [0.15, 0.2) is 0 Å². The van der Waals surface area contributed by atoms with Gasteiger partial charge in [0.25, 0.3) is 0 Å². The number of hydrogen-bond donors (Lipinski definition) is 2. The Hall–Kier alpha value is -12.1. The van der Waals surface area contributed by atoms with E-state index in [1.807, 2.05) is 149 Å². The monoisotopic (exact) mass is 1340 g/mol. The maximum Gasteiger partial charge on any atom is 0.311 e. The molecule has 4 aliphatic heterocycles. The molecule has 0 spiro atoms. The van der Waals surface area contributed by atoms with Crippen molar-refractivity contribution in [1.82, 2.24) is 40.4 Å². The molecule has 4 aromatic carbocycles. The number of nitro groups is 2. The first-order valence-electron chi connectivity index (χ1n) is 32.7. The fourth-order valence-electron chi connectivity index (χ4n) is 10.3. The zero-order valence-corrected chi connectivity index (χ0v) is 56.7. The first-order chi connectivity index (χ1) is 48.7. The highest BCUT2D eigenvalue weighted by Gasteiger charge is 2.27. The minimum Gasteiger partial charge on any atom is -0.363 e. The van der Waals surface area contributed by atoms with E-state index in [9.17, 15) is 29.8 Å². The second-order valence-corrected chi connectivity index (χ2v) is 22.6. The van der Waals surface area contributed by atoms with Crippen LogP contribution in [-0.2, 0) is 9.59 Å². The van der Waals surface area contributed by atoms with Crippen LogP contribution in [0, 0.1) is 80.7 Å².